The summed E-state index contributed by atoms with van der Waals surface area (Å²) in [6.45, 7) is 6.39. The molecule has 48 heavy (non-hydrogen) atoms. The number of alkyl carbamates (subject to hydrolysis) is 1. The van der Waals surface area contributed by atoms with Crippen molar-refractivity contribution in [3.63, 3.8) is 0 Å². The summed E-state index contributed by atoms with van der Waals surface area (Å²) in [4.78, 5) is 25.7. The van der Waals surface area contributed by atoms with E-state index in [2.05, 4.69) is 37.5 Å². The number of benzene rings is 1. The topological polar surface area (TPSA) is 110 Å². The van der Waals surface area contributed by atoms with Crippen molar-refractivity contribution in [3.05, 3.63) is 45.6 Å². The van der Waals surface area contributed by atoms with Crippen LogP contribution in [0.3, 0.4) is 0 Å². The number of hydrogen-bond donors (Lipinski definition) is 3. The van der Waals surface area contributed by atoms with Crippen LogP contribution in [-0.4, -0.2) is 118 Å². The summed E-state index contributed by atoms with van der Waals surface area (Å²) in [5, 5.41) is 12.3. The molecule has 3 unspecified atom stereocenters. The molecule has 250 valence electrons. The standard InChI is InChI=1S/C33H39B2ClF2N8O2/c1-39-30-22-16-45(2)29(27(37)28(22)43-33(34,35)32(38)7-4-9-40-10-5-8-32)26-21-14-41-44-24(21)13-23(36)25(26)20-12-18(20)17-48-31(47)42-19-6-3-11-46(30)15-19/h13-14,18-20,40H,1,3-12,15-17H2,2H3,(H,41,44)(H,42,47)/b30-22+,43-28+. The molecule has 1 aromatic heterocycles. The van der Waals surface area contributed by atoms with Crippen molar-refractivity contribution >= 4 is 62.4 Å². The van der Waals surface area contributed by atoms with Crippen molar-refractivity contribution in [1.29, 1.82) is 0 Å². The molecule has 4 radical (unpaired) electrons. The van der Waals surface area contributed by atoms with E-state index >= 15 is 8.78 Å². The number of nitrogens with one attached hydrogen (secondary N) is 3. The molecular weight excluding hydrogens is 635 g/mol. The van der Waals surface area contributed by atoms with Crippen LogP contribution >= 0.6 is 11.6 Å². The summed E-state index contributed by atoms with van der Waals surface area (Å²) < 4.78 is 40.3. The van der Waals surface area contributed by atoms with Crippen LogP contribution in [0.5, 0.6) is 0 Å². The highest BCUT2D eigenvalue weighted by Crippen LogP contribution is 2.54. The molecule has 6 heterocycles. The van der Waals surface area contributed by atoms with E-state index in [1.54, 1.807) is 24.2 Å². The van der Waals surface area contributed by atoms with Gasteiger partial charge in [-0.25, -0.2) is 18.6 Å². The Morgan fingerprint density at radius 1 is 1.25 bits per heavy atom. The summed E-state index contributed by atoms with van der Waals surface area (Å²) in [5.74, 6) is -0.459. The number of rotatable bonds is 3. The summed E-state index contributed by atoms with van der Waals surface area (Å²) in [5.41, 5.74) is 0.222. The zero-order valence-corrected chi connectivity index (χ0v) is 27.9. The van der Waals surface area contributed by atoms with Gasteiger partial charge in [0.05, 0.1) is 39.7 Å². The van der Waals surface area contributed by atoms with Crippen LogP contribution in [0.15, 0.2) is 39.5 Å². The highest BCUT2D eigenvalue weighted by molar-refractivity contribution is 6.42. The Hall–Kier alpha value is -3.38. The van der Waals surface area contributed by atoms with Gasteiger partial charge in [0.25, 0.3) is 0 Å². The van der Waals surface area contributed by atoms with Crippen molar-refractivity contribution in [2.75, 3.05) is 46.4 Å². The van der Waals surface area contributed by atoms with Crippen molar-refractivity contribution in [1.82, 2.24) is 30.6 Å². The predicted octanol–water partition coefficient (Wildman–Crippen LogP) is 4.32. The van der Waals surface area contributed by atoms with E-state index in [1.165, 1.54) is 0 Å². The molecule has 2 saturated heterocycles. The molecule has 6 aliphatic rings. The number of likely N-dealkylation sites (N-methyl/N-ethyl adjacent to an activating group) is 1. The van der Waals surface area contributed by atoms with Gasteiger partial charge in [0, 0.05) is 65.5 Å². The maximum absolute atomic E-state index is 17.7. The van der Waals surface area contributed by atoms with E-state index in [9.17, 15) is 4.79 Å². The number of aromatic amines is 1. The van der Waals surface area contributed by atoms with Gasteiger partial charge < -0.3 is 25.2 Å². The minimum absolute atomic E-state index is 0.00855. The molecule has 3 fully saturated rings. The Balaban J connectivity index is 1.48. The number of alkyl halides is 1. The number of nitrogens with zero attached hydrogens (tertiary/aromatic N) is 5. The number of H-pyrrole nitrogens is 1. The highest BCUT2D eigenvalue weighted by Gasteiger charge is 2.47. The molecule has 5 aliphatic heterocycles. The van der Waals surface area contributed by atoms with Gasteiger partial charge in [-0.3, -0.25) is 10.1 Å². The van der Waals surface area contributed by atoms with Gasteiger partial charge >= 0.3 is 6.09 Å². The summed E-state index contributed by atoms with van der Waals surface area (Å²) in [7, 11) is 15.1. The van der Waals surface area contributed by atoms with Gasteiger partial charge in [-0.1, -0.05) is 11.6 Å². The molecule has 3 N–H and O–H groups in total. The molecule has 1 amide bonds. The third-order valence-corrected chi connectivity index (χ3v) is 10.8. The van der Waals surface area contributed by atoms with E-state index in [4.69, 9.17) is 32.0 Å². The molecule has 15 heteroatoms. The Kier molecular flexibility index (Phi) is 8.85. The lowest BCUT2D eigenvalue weighted by atomic mass is 9.51. The molecule has 1 saturated carbocycles. The van der Waals surface area contributed by atoms with Crippen molar-refractivity contribution in [3.8, 4) is 0 Å². The lowest BCUT2D eigenvalue weighted by molar-refractivity contribution is 0.104. The first-order valence-corrected chi connectivity index (χ1v) is 17.1. The van der Waals surface area contributed by atoms with Crippen LogP contribution in [-0.2, 0) is 4.74 Å². The van der Waals surface area contributed by atoms with Crippen LogP contribution in [0.25, 0.3) is 16.6 Å². The van der Waals surface area contributed by atoms with Gasteiger partial charge in [-0.15, -0.1) is 0 Å². The van der Waals surface area contributed by atoms with Crippen LogP contribution in [0.4, 0.5) is 13.6 Å². The van der Waals surface area contributed by atoms with Crippen LogP contribution in [0.2, 0.25) is 5.02 Å². The average molecular weight is 675 g/mol. The highest BCUT2D eigenvalue weighted by atomic mass is 35.5. The molecule has 1 aromatic carbocycles. The first-order valence-electron chi connectivity index (χ1n) is 16.7. The Morgan fingerprint density at radius 3 is 2.77 bits per heavy atom. The summed E-state index contributed by atoms with van der Waals surface area (Å²) >= 11 is 6.96. The second kappa shape index (κ2) is 12.8. The molecule has 4 bridgehead atoms. The zero-order chi connectivity index (χ0) is 33.8. The van der Waals surface area contributed by atoms with Gasteiger partial charge in [0.1, 0.15) is 17.2 Å². The number of aliphatic imine (C=N–C) groups is 2. The Bertz CT molecular complexity index is 1720. The Labute approximate surface area is 286 Å². The van der Waals surface area contributed by atoms with Gasteiger partial charge in [0.2, 0.25) is 0 Å². The van der Waals surface area contributed by atoms with E-state index in [0.29, 0.717) is 78.3 Å². The third kappa shape index (κ3) is 5.93. The second-order valence-electron chi connectivity index (χ2n) is 13.8. The number of halogens is 3. The summed E-state index contributed by atoms with van der Waals surface area (Å²) in [6.07, 6.45) is 4.45. The number of allylic oxidation sites excluding steroid dienone is 1. The fraction of sp³-hybridized carbons (Fsp3) is 0.576. The van der Waals surface area contributed by atoms with E-state index in [0.717, 1.165) is 18.4 Å². The monoisotopic (exact) mass is 674 g/mol. The number of aromatic nitrogens is 2. The van der Waals surface area contributed by atoms with Crippen molar-refractivity contribution < 1.29 is 18.3 Å². The fourth-order valence-corrected chi connectivity index (χ4v) is 8.21. The third-order valence-electron chi connectivity index (χ3n) is 10.5. The number of piperidine rings is 1. The molecule has 0 spiro atoms. The van der Waals surface area contributed by atoms with Crippen molar-refractivity contribution in [2.24, 2.45) is 15.9 Å². The van der Waals surface area contributed by atoms with Crippen LogP contribution in [0.1, 0.15) is 62.0 Å². The number of ether oxygens (including phenoxy) is 1. The van der Waals surface area contributed by atoms with Crippen LogP contribution in [0, 0.1) is 5.92 Å². The lowest BCUT2D eigenvalue weighted by Gasteiger charge is -2.42. The number of carbonyl (C=O) groups excluding carboxylic acids is 1. The zero-order valence-electron chi connectivity index (χ0n) is 27.1. The van der Waals surface area contributed by atoms with Gasteiger partial charge in [0.15, 0.2) is 5.83 Å². The molecule has 3 atom stereocenters. The SMILES string of the molecule is [B]C([B])(/N=C1C(F)=C2c3c(c(Cl)cc4[nH]ncc34)C3CC3COC(=O)NC3CCCN(C3)/C(N=C)=C/1CN2C)C1(F)CCCNCCC1. The average Bonchev–Trinajstić information content (AvgIpc) is 3.64. The molecular formula is C33H39B2ClF2N8O2. The lowest BCUT2D eigenvalue weighted by Crippen LogP contribution is -2.53. The van der Waals surface area contributed by atoms with Crippen molar-refractivity contribution in [2.45, 2.75) is 67.9 Å². The molecule has 8 rings (SSSR count). The maximum atomic E-state index is 17.7. The van der Waals surface area contributed by atoms with Gasteiger partial charge in [-0.2, -0.15) is 5.10 Å². The first-order chi connectivity index (χ1) is 23.0. The summed E-state index contributed by atoms with van der Waals surface area (Å²) in [6, 6.07) is 1.54. The second-order valence-corrected chi connectivity index (χ2v) is 14.2. The largest absolute Gasteiger partial charge is 0.449 e. The maximum Gasteiger partial charge on any atom is 0.407 e. The smallest absolute Gasteiger partial charge is 0.407 e. The number of amides is 1. The van der Waals surface area contributed by atoms with E-state index in [1.807, 2.05) is 4.90 Å². The van der Waals surface area contributed by atoms with E-state index < -0.39 is 22.9 Å². The quantitative estimate of drug-likeness (QED) is 0.331. The Morgan fingerprint density at radius 2 is 2.02 bits per heavy atom. The minimum Gasteiger partial charge on any atom is -0.449 e. The fourth-order valence-electron chi connectivity index (χ4n) is 7.86. The molecule has 10 nitrogen and oxygen atoms in total. The number of carbonyl (C=O) groups is 1. The normalized spacial score (nSPS) is 29.1. The minimum atomic E-state index is -2.25. The first kappa shape index (κ1) is 33.1. The molecule has 2 aromatic rings. The number of fused-ring (bicyclic) bond motifs is 6. The number of hydrogen-bond acceptors (Lipinski definition) is 8. The van der Waals surface area contributed by atoms with Crippen LogP contribution < -0.4 is 10.6 Å². The predicted molar refractivity (Wildman–Crippen MR) is 185 cm³/mol. The van der Waals surface area contributed by atoms with E-state index in [-0.39, 0.29) is 55.3 Å². The molecule has 1 aliphatic carbocycles. The van der Waals surface area contributed by atoms with Gasteiger partial charge in [-0.05, 0) is 82.3 Å².